The highest BCUT2D eigenvalue weighted by Gasteiger charge is 2.20. The van der Waals surface area contributed by atoms with E-state index in [2.05, 4.69) is 105 Å². The van der Waals surface area contributed by atoms with Gasteiger partial charge in [-0.15, -0.1) is 19.3 Å². The number of hydrogen-bond donors (Lipinski definition) is 3. The largest absolute Gasteiger partial charge is 0.395 e. The normalized spacial score (nSPS) is 12.1. The molecule has 0 heterocycles. The molecule has 9 nitrogen and oxygen atoms in total. The van der Waals surface area contributed by atoms with Crippen LogP contribution in [0.15, 0.2) is 0 Å². The molecule has 296 valence electrons. The molecule has 0 aromatic heterocycles. The molecular formula is C34H67B10FN4O5S. The highest BCUT2D eigenvalue weighted by atomic mass is 32.2. The first-order valence-corrected chi connectivity index (χ1v) is 19.3. The smallest absolute Gasteiger partial charge is 0.264 e. The standard InChI is InChI=1S/C10H19NO3S.C9H16FN.C9H17NO.C6H15NO.B4.B3.B2.B/c1-6-7-11(4)10(9(2)3)8-14-15(5,12)13;1-5-6-11(4)9(7-10)8(2)3;1-5-6-10(4)9(7-11)8(2)3;1-5(2)6(4-8)7-3;1-4(2)3;1-3-2;1-2;/h1,9-10H,7-8H2,2-5H3;1,8-9H,6-7H2,2-4H3;1,8-9,11H,6-7H2,2-4H3;5-8H,4H2,1-3H3;;;;/i;10-1;;;;;;. The summed E-state index contributed by atoms with van der Waals surface area (Å²) in [4.78, 5) is 5.77. The minimum atomic E-state index is -3.38. The van der Waals surface area contributed by atoms with E-state index in [1.807, 2.05) is 70.6 Å². The van der Waals surface area contributed by atoms with Crippen LogP contribution in [0, 0.1) is 60.7 Å². The molecule has 0 aromatic carbocycles. The zero-order valence-corrected chi connectivity index (χ0v) is 37.1. The molecule has 55 heavy (non-hydrogen) atoms. The van der Waals surface area contributed by atoms with E-state index < -0.39 is 16.5 Å². The molecule has 0 rings (SSSR count). The second-order valence-corrected chi connectivity index (χ2v) is 14.9. The third-order valence-electron chi connectivity index (χ3n) is 7.20. The number of nitrogens with zero attached hydrogens (tertiary/aromatic N) is 3. The number of alkyl halides is 1. The maximum Gasteiger partial charge on any atom is 0.264 e. The first-order valence-electron chi connectivity index (χ1n) is 17.5. The van der Waals surface area contributed by atoms with Crippen LogP contribution in [-0.2, 0) is 14.3 Å². The molecule has 0 saturated heterocycles. The highest BCUT2D eigenvalue weighted by Crippen LogP contribution is 2.11. The summed E-state index contributed by atoms with van der Waals surface area (Å²) in [5.74, 6) is 9.13. The molecule has 0 bridgehead atoms. The number of likely N-dealkylation sites (N-methyl/N-ethyl adjacent to an activating group) is 3. The Morgan fingerprint density at radius 3 is 1.20 bits per heavy atom. The fourth-order valence-electron chi connectivity index (χ4n) is 4.11. The lowest BCUT2D eigenvalue weighted by Gasteiger charge is -2.28. The number of rotatable bonds is 17. The van der Waals surface area contributed by atoms with Gasteiger partial charge in [0.05, 0.1) is 45.7 Å². The summed E-state index contributed by atoms with van der Waals surface area (Å²) in [5.41, 5.74) is 0. The minimum absolute atomic E-state index is 0. The van der Waals surface area contributed by atoms with E-state index in [0.29, 0.717) is 37.4 Å². The van der Waals surface area contributed by atoms with Gasteiger partial charge in [-0.25, -0.2) is 4.39 Å². The number of terminal acetylenes is 3. The molecule has 4 atom stereocenters. The lowest BCUT2D eigenvalue weighted by molar-refractivity contribution is 0.124. The molecule has 0 aliphatic rings. The van der Waals surface area contributed by atoms with Crippen LogP contribution in [0.3, 0.4) is 0 Å². The first-order chi connectivity index (χ1) is 24.9. The van der Waals surface area contributed by atoms with E-state index in [1.165, 1.54) is 0 Å². The maximum atomic E-state index is 12.4. The molecule has 0 aromatic rings. The highest BCUT2D eigenvalue weighted by molar-refractivity contribution is 7.86. The summed E-state index contributed by atoms with van der Waals surface area (Å²) in [6.07, 6.45) is 15.8. The van der Waals surface area contributed by atoms with Crippen LogP contribution < -0.4 is 5.32 Å². The fourth-order valence-corrected chi connectivity index (χ4v) is 4.49. The summed E-state index contributed by atoms with van der Waals surface area (Å²) in [6, 6.07) is 0.419. The van der Waals surface area contributed by atoms with Crippen molar-refractivity contribution in [2.24, 2.45) is 23.7 Å². The molecule has 0 aliphatic heterocycles. The van der Waals surface area contributed by atoms with Crippen molar-refractivity contribution in [3.8, 4) is 37.0 Å². The Labute approximate surface area is 352 Å². The predicted octanol–water partition coefficient (Wildman–Crippen LogP) is -0.919. The van der Waals surface area contributed by atoms with Gasteiger partial charge in [-0.1, -0.05) is 73.2 Å². The van der Waals surface area contributed by atoms with Gasteiger partial charge in [-0.05, 0) is 51.9 Å². The zero-order valence-electron chi connectivity index (χ0n) is 36.3. The van der Waals surface area contributed by atoms with Crippen molar-refractivity contribution >= 4 is 86.1 Å². The van der Waals surface area contributed by atoms with Crippen LogP contribution in [0.2, 0.25) is 0 Å². The summed E-state index contributed by atoms with van der Waals surface area (Å²) in [6.45, 7) is 18.2. The summed E-state index contributed by atoms with van der Waals surface area (Å²) in [7, 11) is 36.1. The molecule has 18 radical (unpaired) electrons. The van der Waals surface area contributed by atoms with Crippen LogP contribution in [0.25, 0.3) is 0 Å². The molecule has 0 aliphatic carbocycles. The Hall–Kier alpha value is -1.07. The molecule has 0 saturated carbocycles. The Morgan fingerprint density at radius 1 is 0.745 bits per heavy atom. The maximum absolute atomic E-state index is 12.4. The molecular weight excluding hydrogens is 703 g/mol. The van der Waals surface area contributed by atoms with Crippen molar-refractivity contribution in [2.75, 3.05) is 80.6 Å². The Morgan fingerprint density at radius 2 is 1.04 bits per heavy atom. The van der Waals surface area contributed by atoms with Gasteiger partial charge < -0.3 is 15.5 Å². The fraction of sp³-hybridized carbons (Fsp3) is 0.824. The van der Waals surface area contributed by atoms with Crippen molar-refractivity contribution in [3.05, 3.63) is 0 Å². The van der Waals surface area contributed by atoms with Gasteiger partial charge in [-0.2, -0.15) is 8.42 Å². The van der Waals surface area contributed by atoms with Crippen molar-refractivity contribution in [1.82, 2.24) is 20.0 Å². The second kappa shape index (κ2) is 49.1. The van der Waals surface area contributed by atoms with Crippen molar-refractivity contribution in [2.45, 2.75) is 79.6 Å². The van der Waals surface area contributed by atoms with Gasteiger partial charge in [0.1, 0.15) is 6.67 Å². The molecule has 0 spiro atoms. The number of nitrogens with one attached hydrogen (secondary N) is 1. The van der Waals surface area contributed by atoms with E-state index in [1.54, 1.807) is 0 Å². The van der Waals surface area contributed by atoms with Gasteiger partial charge in [0.25, 0.3) is 10.1 Å². The minimum Gasteiger partial charge on any atom is -0.395 e. The Bertz CT molecular complexity index is 983. The average Bonchev–Trinajstić information content (AvgIpc) is 3.03. The summed E-state index contributed by atoms with van der Waals surface area (Å²) < 4.78 is 38.9. The van der Waals surface area contributed by atoms with E-state index in [-0.39, 0.29) is 65.0 Å². The van der Waals surface area contributed by atoms with Gasteiger partial charge in [0.2, 0.25) is 0 Å². The molecule has 0 fully saturated rings. The number of halogens is 1. The van der Waals surface area contributed by atoms with Gasteiger partial charge in [-0.3, -0.25) is 18.9 Å². The van der Waals surface area contributed by atoms with Crippen molar-refractivity contribution in [1.29, 1.82) is 0 Å². The summed E-state index contributed by atoms with van der Waals surface area (Å²) in [5, 5.41) is 20.6. The SMILES string of the molecule is C#CCN(C)C(CO)C(C)C.C#CCN(C)C(COS(C)(=O)=O)C(C)C.C#CCN(C)C(C[18F])C(C)C.CNC(CO)C(C)C.[B].[B]B([B])[B].[B][B].[B][B][B]. The molecule has 0 amide bonds. The lowest BCUT2D eigenvalue weighted by Crippen LogP contribution is -2.40. The molecule has 21 heteroatoms. The zero-order chi connectivity index (χ0) is 44.6. The lowest BCUT2D eigenvalue weighted by atomic mass is 9.08. The Kier molecular flexibility index (Phi) is 63.9. The third kappa shape index (κ3) is 55.1. The predicted molar refractivity (Wildman–Crippen MR) is 246 cm³/mol. The van der Waals surface area contributed by atoms with Crippen LogP contribution >= 0.6 is 0 Å². The van der Waals surface area contributed by atoms with Crippen LogP contribution in [0.4, 0.5) is 4.39 Å². The molecule has 3 N–H and O–H groups in total. The number of aliphatic hydroxyl groups is 2. The monoisotopic (exact) mass is 772 g/mol. The quantitative estimate of drug-likeness (QED) is 0.0986. The van der Waals surface area contributed by atoms with Crippen molar-refractivity contribution < 1.29 is 27.2 Å². The second-order valence-electron chi connectivity index (χ2n) is 13.2. The van der Waals surface area contributed by atoms with Crippen molar-refractivity contribution in [3.63, 3.8) is 0 Å². The van der Waals surface area contributed by atoms with E-state index in [0.717, 1.165) is 13.3 Å². The van der Waals surface area contributed by atoms with Gasteiger partial charge in [0.15, 0.2) is 0 Å². The van der Waals surface area contributed by atoms with Crippen LogP contribution in [0.5, 0.6) is 0 Å². The molecule has 4 unspecified atom stereocenters. The number of aliphatic hydroxyl groups excluding tert-OH is 2. The summed E-state index contributed by atoms with van der Waals surface area (Å²) >= 11 is 0. The van der Waals surface area contributed by atoms with Crippen LogP contribution in [-0.4, -0.2) is 214 Å². The average molecular weight is 770 g/mol. The van der Waals surface area contributed by atoms with E-state index >= 15 is 0 Å². The third-order valence-corrected chi connectivity index (χ3v) is 7.76. The Balaban J connectivity index is -0.0000000838. The van der Waals surface area contributed by atoms with E-state index in [4.69, 9.17) is 33.7 Å². The first kappa shape index (κ1) is 71.6. The topological polar surface area (TPSA) is 106 Å². The van der Waals surface area contributed by atoms with Gasteiger partial charge in [0, 0.05) is 100 Å². The van der Waals surface area contributed by atoms with Gasteiger partial charge >= 0.3 is 0 Å². The van der Waals surface area contributed by atoms with E-state index in [9.17, 15) is 12.8 Å². The number of hydrogen-bond acceptors (Lipinski definition) is 9. The van der Waals surface area contributed by atoms with Crippen LogP contribution in [0.1, 0.15) is 55.4 Å².